The molecule has 1 unspecified atom stereocenters. The summed E-state index contributed by atoms with van der Waals surface area (Å²) >= 11 is 1.77. The molecule has 0 aliphatic carbocycles. The summed E-state index contributed by atoms with van der Waals surface area (Å²) in [4.78, 5) is 17.8. The van der Waals surface area contributed by atoms with Crippen LogP contribution in [0.4, 0.5) is 0 Å². The molecule has 0 spiro atoms. The van der Waals surface area contributed by atoms with Crippen molar-refractivity contribution in [2.24, 2.45) is 10.4 Å². The molecule has 5 heteroatoms. The summed E-state index contributed by atoms with van der Waals surface area (Å²) < 4.78 is 0. The lowest BCUT2D eigenvalue weighted by molar-refractivity contribution is -0.128. The van der Waals surface area contributed by atoms with Crippen LogP contribution in [0.3, 0.4) is 0 Å². The maximum atomic E-state index is 11.6. The Hall–Kier alpha value is -0.710. The average molecular weight is 271 g/mol. The van der Waals surface area contributed by atoms with E-state index in [2.05, 4.69) is 31.1 Å². The van der Waals surface area contributed by atoms with E-state index in [1.54, 1.807) is 16.7 Å². The van der Waals surface area contributed by atoms with Gasteiger partial charge in [0.25, 0.3) is 0 Å². The minimum absolute atomic E-state index is 0.111. The first-order valence-electron chi connectivity index (χ1n) is 6.51. The Bertz CT molecular complexity index is 323. The van der Waals surface area contributed by atoms with Crippen molar-refractivity contribution < 1.29 is 4.79 Å². The van der Waals surface area contributed by atoms with Crippen LogP contribution in [0.15, 0.2) is 4.99 Å². The van der Waals surface area contributed by atoms with Crippen LogP contribution in [0.1, 0.15) is 34.1 Å². The summed E-state index contributed by atoms with van der Waals surface area (Å²) in [6.45, 7) is 10.7. The number of amidine groups is 1. The molecule has 0 saturated heterocycles. The Morgan fingerprint density at radius 2 is 2.22 bits per heavy atom. The normalized spacial score (nSPS) is 19.6. The second-order valence-electron chi connectivity index (χ2n) is 5.91. The molecule has 1 rings (SSSR count). The third-order valence-corrected chi connectivity index (χ3v) is 3.99. The van der Waals surface area contributed by atoms with Gasteiger partial charge >= 0.3 is 0 Å². The molecule has 1 heterocycles. The van der Waals surface area contributed by atoms with Crippen molar-refractivity contribution in [2.75, 3.05) is 26.7 Å². The number of carbonyl (C=O) groups excluding carboxylic acids is 1. The van der Waals surface area contributed by atoms with Gasteiger partial charge in [0.05, 0.1) is 13.1 Å². The number of nitrogens with one attached hydrogen (secondary N) is 1. The number of likely N-dealkylation sites (N-methyl/N-ethyl adjacent to an activating group) is 1. The predicted molar refractivity (Wildman–Crippen MR) is 79.1 cm³/mol. The lowest BCUT2D eigenvalue weighted by atomic mass is 9.90. The number of nitrogens with zero attached hydrogens (tertiary/aromatic N) is 2. The maximum absolute atomic E-state index is 11.6. The fourth-order valence-electron chi connectivity index (χ4n) is 1.77. The number of thioether (sulfide) groups is 1. The number of rotatable bonds is 4. The van der Waals surface area contributed by atoms with Crippen LogP contribution in [-0.4, -0.2) is 47.9 Å². The first-order valence-corrected chi connectivity index (χ1v) is 7.38. The predicted octanol–water partition coefficient (Wildman–Crippen LogP) is 1.96. The molecule has 0 aromatic rings. The van der Waals surface area contributed by atoms with Gasteiger partial charge in [-0.25, -0.2) is 0 Å². The highest BCUT2D eigenvalue weighted by atomic mass is 32.2. The zero-order valence-electron chi connectivity index (χ0n) is 12.1. The molecule has 0 fully saturated rings. The van der Waals surface area contributed by atoms with Gasteiger partial charge < -0.3 is 10.2 Å². The number of amides is 1. The van der Waals surface area contributed by atoms with Crippen molar-refractivity contribution in [2.45, 2.75) is 39.4 Å². The molecular weight excluding hydrogens is 246 g/mol. The molecule has 0 bridgehead atoms. The van der Waals surface area contributed by atoms with E-state index in [-0.39, 0.29) is 5.91 Å². The summed E-state index contributed by atoms with van der Waals surface area (Å²) in [7, 11) is 1.82. The van der Waals surface area contributed by atoms with E-state index in [4.69, 9.17) is 0 Å². The van der Waals surface area contributed by atoms with Crippen molar-refractivity contribution in [3.05, 3.63) is 0 Å². The van der Waals surface area contributed by atoms with Gasteiger partial charge in [0.2, 0.25) is 5.91 Å². The molecule has 0 saturated carbocycles. The van der Waals surface area contributed by atoms with Crippen LogP contribution in [0.2, 0.25) is 0 Å². The number of carbonyl (C=O) groups is 1. The van der Waals surface area contributed by atoms with Gasteiger partial charge in [-0.15, -0.1) is 0 Å². The van der Waals surface area contributed by atoms with Gasteiger partial charge in [-0.1, -0.05) is 32.5 Å². The Morgan fingerprint density at radius 3 is 2.78 bits per heavy atom. The highest BCUT2D eigenvalue weighted by Gasteiger charge is 2.25. The van der Waals surface area contributed by atoms with Gasteiger partial charge in [0.15, 0.2) is 5.17 Å². The highest BCUT2D eigenvalue weighted by Crippen LogP contribution is 2.31. The summed E-state index contributed by atoms with van der Waals surface area (Å²) in [6.07, 6.45) is 1.15. The average Bonchev–Trinajstić information content (AvgIpc) is 2.69. The Balaban J connectivity index is 2.28. The van der Waals surface area contributed by atoms with Crippen LogP contribution in [-0.2, 0) is 4.79 Å². The third-order valence-electron chi connectivity index (χ3n) is 2.85. The highest BCUT2D eigenvalue weighted by molar-refractivity contribution is 8.14. The molecule has 1 aliphatic heterocycles. The second kappa shape index (κ2) is 6.45. The first-order chi connectivity index (χ1) is 8.31. The zero-order valence-corrected chi connectivity index (χ0v) is 12.9. The van der Waals surface area contributed by atoms with Gasteiger partial charge in [0, 0.05) is 18.8 Å². The first kappa shape index (κ1) is 15.3. The monoisotopic (exact) mass is 271 g/mol. The Labute approximate surface area is 115 Å². The zero-order chi connectivity index (χ0) is 13.8. The standard InChI is InChI=1S/C13H25N3OS/c1-6-16(5)11(17)9-15-12-14-8-10(18-12)7-13(2,3)4/h10H,6-9H2,1-5H3,(H,14,15). The minimum Gasteiger partial charge on any atom is -0.356 e. The Morgan fingerprint density at radius 1 is 1.56 bits per heavy atom. The van der Waals surface area contributed by atoms with Crippen molar-refractivity contribution in [1.82, 2.24) is 10.2 Å². The van der Waals surface area contributed by atoms with Gasteiger partial charge in [-0.2, -0.15) is 0 Å². The summed E-state index contributed by atoms with van der Waals surface area (Å²) in [6, 6.07) is 0. The fourth-order valence-corrected chi connectivity index (χ4v) is 3.12. The van der Waals surface area contributed by atoms with Crippen molar-refractivity contribution in [3.63, 3.8) is 0 Å². The number of aliphatic imine (C=N–C) groups is 1. The van der Waals surface area contributed by atoms with E-state index in [1.165, 1.54) is 0 Å². The lowest BCUT2D eigenvalue weighted by Gasteiger charge is -2.21. The molecule has 104 valence electrons. The van der Waals surface area contributed by atoms with E-state index in [1.807, 2.05) is 14.0 Å². The molecular formula is C13H25N3OS. The molecule has 1 N–H and O–H groups in total. The fraction of sp³-hybridized carbons (Fsp3) is 0.846. The Kier molecular flexibility index (Phi) is 5.50. The number of hydrogen-bond acceptors (Lipinski definition) is 4. The molecule has 18 heavy (non-hydrogen) atoms. The lowest BCUT2D eigenvalue weighted by Crippen LogP contribution is -2.36. The van der Waals surface area contributed by atoms with Gasteiger partial charge in [-0.05, 0) is 18.8 Å². The van der Waals surface area contributed by atoms with E-state index >= 15 is 0 Å². The van der Waals surface area contributed by atoms with Crippen LogP contribution >= 0.6 is 11.8 Å². The van der Waals surface area contributed by atoms with E-state index in [9.17, 15) is 4.79 Å². The largest absolute Gasteiger partial charge is 0.356 e. The topological polar surface area (TPSA) is 44.7 Å². The molecule has 0 radical (unpaired) electrons. The van der Waals surface area contributed by atoms with E-state index in [0.29, 0.717) is 17.2 Å². The number of hydrogen-bond donors (Lipinski definition) is 1. The quantitative estimate of drug-likeness (QED) is 0.850. The van der Waals surface area contributed by atoms with Gasteiger partial charge in [0.1, 0.15) is 0 Å². The third kappa shape index (κ3) is 5.29. The second-order valence-corrected chi connectivity index (χ2v) is 7.20. The molecule has 1 atom stereocenters. The van der Waals surface area contributed by atoms with Crippen molar-refractivity contribution >= 4 is 22.8 Å². The molecule has 1 aliphatic rings. The van der Waals surface area contributed by atoms with E-state index in [0.717, 1.165) is 24.7 Å². The summed E-state index contributed by atoms with van der Waals surface area (Å²) in [5.41, 5.74) is 0.334. The van der Waals surface area contributed by atoms with Crippen LogP contribution in [0.25, 0.3) is 0 Å². The van der Waals surface area contributed by atoms with Crippen molar-refractivity contribution in [1.29, 1.82) is 0 Å². The van der Waals surface area contributed by atoms with Crippen LogP contribution < -0.4 is 5.32 Å². The molecule has 4 nitrogen and oxygen atoms in total. The van der Waals surface area contributed by atoms with E-state index < -0.39 is 0 Å². The van der Waals surface area contributed by atoms with Crippen molar-refractivity contribution in [3.8, 4) is 0 Å². The smallest absolute Gasteiger partial charge is 0.241 e. The molecule has 0 aromatic heterocycles. The summed E-state index contributed by atoms with van der Waals surface area (Å²) in [5, 5.41) is 4.60. The molecule has 1 amide bonds. The molecule has 0 aromatic carbocycles. The van der Waals surface area contributed by atoms with Crippen LogP contribution in [0, 0.1) is 5.41 Å². The maximum Gasteiger partial charge on any atom is 0.241 e. The van der Waals surface area contributed by atoms with Gasteiger partial charge in [-0.3, -0.25) is 9.79 Å². The minimum atomic E-state index is 0.111. The van der Waals surface area contributed by atoms with Crippen LogP contribution in [0.5, 0.6) is 0 Å². The summed E-state index contributed by atoms with van der Waals surface area (Å²) in [5.74, 6) is 0.111. The SMILES string of the molecule is CCN(C)C(=O)CNC1=NCC(CC(C)(C)C)S1.